The van der Waals surface area contributed by atoms with Gasteiger partial charge in [0, 0.05) is 11.1 Å². The van der Waals surface area contributed by atoms with Crippen LogP contribution in [0.2, 0.25) is 0 Å². The van der Waals surface area contributed by atoms with Crippen molar-refractivity contribution in [2.45, 2.75) is 44.8 Å². The van der Waals surface area contributed by atoms with Crippen molar-refractivity contribution in [1.82, 2.24) is 0 Å². The lowest BCUT2D eigenvalue weighted by atomic mass is 10.1. The molecule has 0 aliphatic heterocycles. The van der Waals surface area contributed by atoms with E-state index in [1.165, 1.54) is 0 Å². The van der Waals surface area contributed by atoms with Crippen LogP contribution in [0, 0.1) is 0 Å². The summed E-state index contributed by atoms with van der Waals surface area (Å²) in [5, 5.41) is 4.81. The molecule has 1 fully saturated rings. The fourth-order valence-corrected chi connectivity index (χ4v) is 3.09. The van der Waals surface area contributed by atoms with Crippen LogP contribution >= 0.6 is 0 Å². The van der Waals surface area contributed by atoms with Gasteiger partial charge in [-0.05, 0) is 31.2 Å². The van der Waals surface area contributed by atoms with E-state index in [4.69, 9.17) is 9.47 Å². The number of hydrogen-bond acceptors (Lipinski definition) is 4. The molecule has 132 valence electrons. The number of carbonyl (C=O) groups is 2. The predicted octanol–water partition coefficient (Wildman–Crippen LogP) is 3.67. The molecule has 2 aromatic carbocycles. The van der Waals surface area contributed by atoms with Gasteiger partial charge < -0.3 is 14.8 Å². The Labute approximate surface area is 147 Å². The third kappa shape index (κ3) is 4.57. The third-order valence-corrected chi connectivity index (χ3v) is 4.46. The van der Waals surface area contributed by atoms with E-state index in [-0.39, 0.29) is 18.6 Å². The van der Waals surface area contributed by atoms with Crippen molar-refractivity contribution in [3.8, 4) is 0 Å². The van der Waals surface area contributed by atoms with E-state index in [1.54, 1.807) is 6.92 Å². The number of ether oxygens (including phenoxy) is 2. The first kappa shape index (κ1) is 17.4. The van der Waals surface area contributed by atoms with Crippen LogP contribution in [-0.4, -0.2) is 30.7 Å². The van der Waals surface area contributed by atoms with Gasteiger partial charge in [-0.3, -0.25) is 4.79 Å². The minimum absolute atomic E-state index is 0.101. The SMILES string of the molecule is C[C@H](OC(=O)COC1CCCC1)C(=O)Nc1cccc2ccccc12. The highest BCUT2D eigenvalue weighted by Crippen LogP contribution is 2.23. The van der Waals surface area contributed by atoms with E-state index in [0.717, 1.165) is 36.5 Å². The second kappa shape index (κ2) is 8.12. The first-order valence-corrected chi connectivity index (χ1v) is 8.73. The Kier molecular flexibility index (Phi) is 5.66. The molecular weight excluding hydrogens is 318 g/mol. The molecule has 0 bridgehead atoms. The maximum absolute atomic E-state index is 12.3. The van der Waals surface area contributed by atoms with Crippen LogP contribution in [0.25, 0.3) is 10.8 Å². The van der Waals surface area contributed by atoms with Crippen molar-refractivity contribution < 1.29 is 19.1 Å². The lowest BCUT2D eigenvalue weighted by Gasteiger charge is -2.16. The van der Waals surface area contributed by atoms with Crippen LogP contribution in [0.5, 0.6) is 0 Å². The maximum Gasteiger partial charge on any atom is 0.332 e. The molecule has 1 aliphatic carbocycles. The summed E-state index contributed by atoms with van der Waals surface area (Å²) in [5.41, 5.74) is 0.702. The Balaban J connectivity index is 1.54. The van der Waals surface area contributed by atoms with Gasteiger partial charge in [0.15, 0.2) is 6.10 Å². The second-order valence-corrected chi connectivity index (χ2v) is 6.37. The van der Waals surface area contributed by atoms with Crippen LogP contribution in [0.4, 0.5) is 5.69 Å². The summed E-state index contributed by atoms with van der Waals surface area (Å²) in [6.07, 6.45) is 3.54. The molecule has 0 unspecified atom stereocenters. The van der Waals surface area contributed by atoms with Crippen molar-refractivity contribution in [3.05, 3.63) is 42.5 Å². The van der Waals surface area contributed by atoms with Gasteiger partial charge in [0.1, 0.15) is 6.61 Å². The normalized spacial score (nSPS) is 15.9. The zero-order valence-electron chi connectivity index (χ0n) is 14.4. The molecule has 2 aromatic rings. The highest BCUT2D eigenvalue weighted by molar-refractivity contribution is 6.03. The molecule has 1 saturated carbocycles. The van der Waals surface area contributed by atoms with E-state index in [0.29, 0.717) is 5.69 Å². The van der Waals surface area contributed by atoms with Crippen molar-refractivity contribution in [3.63, 3.8) is 0 Å². The lowest BCUT2D eigenvalue weighted by Crippen LogP contribution is -2.31. The van der Waals surface area contributed by atoms with Gasteiger partial charge in [-0.15, -0.1) is 0 Å². The zero-order chi connectivity index (χ0) is 17.6. The minimum Gasteiger partial charge on any atom is -0.451 e. The first-order chi connectivity index (χ1) is 12.1. The van der Waals surface area contributed by atoms with Crippen LogP contribution in [0.15, 0.2) is 42.5 Å². The molecule has 5 heteroatoms. The first-order valence-electron chi connectivity index (χ1n) is 8.73. The smallest absolute Gasteiger partial charge is 0.332 e. The number of esters is 1. The van der Waals surface area contributed by atoms with Crippen LogP contribution < -0.4 is 5.32 Å². The Morgan fingerprint density at radius 3 is 2.64 bits per heavy atom. The molecule has 5 nitrogen and oxygen atoms in total. The zero-order valence-corrected chi connectivity index (χ0v) is 14.4. The number of carbonyl (C=O) groups excluding carboxylic acids is 2. The number of fused-ring (bicyclic) bond motifs is 1. The van der Waals surface area contributed by atoms with Gasteiger partial charge in [0.2, 0.25) is 0 Å². The molecule has 0 radical (unpaired) electrons. The number of anilines is 1. The molecule has 25 heavy (non-hydrogen) atoms. The van der Waals surface area contributed by atoms with Crippen molar-refractivity contribution in [1.29, 1.82) is 0 Å². The molecule has 1 atom stereocenters. The molecule has 0 spiro atoms. The molecule has 1 amide bonds. The Morgan fingerprint density at radius 1 is 1.12 bits per heavy atom. The van der Waals surface area contributed by atoms with Crippen molar-refractivity contribution in [2.75, 3.05) is 11.9 Å². The molecule has 1 aliphatic rings. The average molecular weight is 341 g/mol. The third-order valence-electron chi connectivity index (χ3n) is 4.46. The number of nitrogens with one attached hydrogen (secondary N) is 1. The summed E-state index contributed by atoms with van der Waals surface area (Å²) in [5.74, 6) is -0.863. The number of amides is 1. The average Bonchev–Trinajstić information content (AvgIpc) is 3.14. The van der Waals surface area contributed by atoms with Gasteiger partial charge in [-0.2, -0.15) is 0 Å². The van der Waals surface area contributed by atoms with Gasteiger partial charge >= 0.3 is 5.97 Å². The highest BCUT2D eigenvalue weighted by Gasteiger charge is 2.21. The monoisotopic (exact) mass is 341 g/mol. The molecule has 0 aromatic heterocycles. The number of rotatable bonds is 6. The van der Waals surface area contributed by atoms with E-state index in [9.17, 15) is 9.59 Å². The Morgan fingerprint density at radius 2 is 1.84 bits per heavy atom. The van der Waals surface area contributed by atoms with Crippen LogP contribution in [0.3, 0.4) is 0 Å². The number of benzene rings is 2. The summed E-state index contributed by atoms with van der Waals surface area (Å²) >= 11 is 0. The van der Waals surface area contributed by atoms with Crippen LogP contribution in [0.1, 0.15) is 32.6 Å². The fourth-order valence-electron chi connectivity index (χ4n) is 3.09. The van der Waals surface area contributed by atoms with E-state index in [1.807, 2.05) is 42.5 Å². The topological polar surface area (TPSA) is 64.6 Å². The fraction of sp³-hybridized carbons (Fsp3) is 0.400. The van der Waals surface area contributed by atoms with E-state index >= 15 is 0 Å². The number of hydrogen-bond donors (Lipinski definition) is 1. The van der Waals surface area contributed by atoms with Gasteiger partial charge in [-0.1, -0.05) is 49.2 Å². The van der Waals surface area contributed by atoms with Gasteiger partial charge in [0.05, 0.1) is 6.10 Å². The Bertz CT molecular complexity index is 747. The van der Waals surface area contributed by atoms with Gasteiger partial charge in [0.25, 0.3) is 5.91 Å². The lowest BCUT2D eigenvalue weighted by molar-refractivity contribution is -0.159. The largest absolute Gasteiger partial charge is 0.451 e. The van der Waals surface area contributed by atoms with E-state index < -0.39 is 12.1 Å². The van der Waals surface area contributed by atoms with E-state index in [2.05, 4.69) is 5.32 Å². The summed E-state index contributed by atoms with van der Waals surface area (Å²) in [6.45, 7) is 1.46. The molecular formula is C20H23NO4. The summed E-state index contributed by atoms with van der Waals surface area (Å²) < 4.78 is 10.7. The quantitative estimate of drug-likeness (QED) is 0.814. The molecule has 3 rings (SSSR count). The Hall–Kier alpha value is -2.40. The molecule has 0 saturated heterocycles. The van der Waals surface area contributed by atoms with Crippen molar-refractivity contribution in [2.24, 2.45) is 0 Å². The van der Waals surface area contributed by atoms with Crippen LogP contribution in [-0.2, 0) is 19.1 Å². The molecule has 0 heterocycles. The predicted molar refractivity (Wildman–Crippen MR) is 96.3 cm³/mol. The summed E-state index contributed by atoms with van der Waals surface area (Å²) in [6, 6.07) is 13.5. The highest BCUT2D eigenvalue weighted by atomic mass is 16.6. The maximum atomic E-state index is 12.3. The van der Waals surface area contributed by atoms with Crippen molar-refractivity contribution >= 4 is 28.3 Å². The molecule has 1 N–H and O–H groups in total. The summed E-state index contributed by atoms with van der Waals surface area (Å²) in [7, 11) is 0. The second-order valence-electron chi connectivity index (χ2n) is 6.37. The minimum atomic E-state index is -0.876. The summed E-state index contributed by atoms with van der Waals surface area (Å²) in [4.78, 5) is 24.2. The standard InChI is InChI=1S/C20H23NO4/c1-14(25-19(22)13-24-16-9-3-4-10-16)20(23)21-18-12-6-8-15-7-2-5-11-17(15)18/h2,5-8,11-12,14,16H,3-4,9-10,13H2,1H3,(H,21,23)/t14-/m0/s1. The van der Waals surface area contributed by atoms with Gasteiger partial charge in [-0.25, -0.2) is 4.79 Å².